The van der Waals surface area contributed by atoms with E-state index in [1.165, 1.54) is 37.9 Å². The van der Waals surface area contributed by atoms with Crippen molar-refractivity contribution in [2.24, 2.45) is 5.92 Å². The summed E-state index contributed by atoms with van der Waals surface area (Å²) in [5.74, 6) is 2.93. The first-order valence-electron chi connectivity index (χ1n) is 6.30. The van der Waals surface area contributed by atoms with Gasteiger partial charge in [-0.25, -0.2) is 0 Å². The number of hydrogen-bond donors (Lipinski definition) is 2. The highest BCUT2D eigenvalue weighted by Crippen LogP contribution is 2.27. The van der Waals surface area contributed by atoms with E-state index in [4.69, 9.17) is 5.11 Å². The largest absolute Gasteiger partial charge is 0.396 e. The molecule has 2 N–H and O–H groups in total. The van der Waals surface area contributed by atoms with Gasteiger partial charge in [-0.3, -0.25) is 0 Å². The number of hydrogen-bond acceptors (Lipinski definition) is 3. The topological polar surface area (TPSA) is 32.3 Å². The zero-order valence-corrected chi connectivity index (χ0v) is 10.7. The Labute approximate surface area is 98.2 Å². The molecule has 0 aromatic rings. The molecule has 0 aromatic heterocycles. The van der Waals surface area contributed by atoms with E-state index in [-0.39, 0.29) is 0 Å². The SMILES string of the molecule is CCNC(CSCCO)C1CCCCC1. The lowest BCUT2D eigenvalue weighted by Gasteiger charge is -2.30. The highest BCUT2D eigenvalue weighted by atomic mass is 32.2. The monoisotopic (exact) mass is 231 g/mol. The third-order valence-corrected chi connectivity index (χ3v) is 4.28. The Hall–Kier alpha value is 0.270. The highest BCUT2D eigenvalue weighted by Gasteiger charge is 2.22. The molecule has 3 heteroatoms. The maximum Gasteiger partial charge on any atom is 0.0521 e. The van der Waals surface area contributed by atoms with Gasteiger partial charge in [0.25, 0.3) is 0 Å². The molecule has 1 unspecified atom stereocenters. The molecule has 2 nitrogen and oxygen atoms in total. The van der Waals surface area contributed by atoms with Gasteiger partial charge >= 0.3 is 0 Å². The molecule has 1 fully saturated rings. The summed E-state index contributed by atoms with van der Waals surface area (Å²) in [5.41, 5.74) is 0. The van der Waals surface area contributed by atoms with E-state index in [1.54, 1.807) is 0 Å². The molecule has 0 aromatic carbocycles. The Morgan fingerprint density at radius 2 is 2.07 bits per heavy atom. The van der Waals surface area contributed by atoms with Crippen molar-refractivity contribution in [3.05, 3.63) is 0 Å². The number of rotatable bonds is 7. The van der Waals surface area contributed by atoms with Crippen molar-refractivity contribution in [1.82, 2.24) is 5.32 Å². The summed E-state index contributed by atoms with van der Waals surface area (Å²) in [6.45, 7) is 3.57. The molecule has 1 atom stereocenters. The van der Waals surface area contributed by atoms with Gasteiger partial charge in [0.2, 0.25) is 0 Å². The fourth-order valence-corrected chi connectivity index (χ4v) is 3.37. The van der Waals surface area contributed by atoms with Crippen LogP contribution in [0.2, 0.25) is 0 Å². The Balaban J connectivity index is 2.26. The van der Waals surface area contributed by atoms with Gasteiger partial charge in [0.1, 0.15) is 0 Å². The van der Waals surface area contributed by atoms with Gasteiger partial charge in [-0.2, -0.15) is 11.8 Å². The molecule has 0 spiro atoms. The summed E-state index contributed by atoms with van der Waals surface area (Å²) in [5, 5.41) is 12.4. The van der Waals surface area contributed by atoms with Crippen LogP contribution in [0.1, 0.15) is 39.0 Å². The van der Waals surface area contributed by atoms with Crippen LogP contribution in [0.3, 0.4) is 0 Å². The predicted molar refractivity (Wildman–Crippen MR) is 68.5 cm³/mol. The molecule has 1 aliphatic rings. The summed E-state index contributed by atoms with van der Waals surface area (Å²) >= 11 is 1.88. The van der Waals surface area contributed by atoms with Crippen LogP contribution >= 0.6 is 11.8 Å². The second kappa shape index (κ2) is 8.43. The van der Waals surface area contributed by atoms with E-state index in [0.29, 0.717) is 12.6 Å². The fraction of sp³-hybridized carbons (Fsp3) is 1.00. The third-order valence-electron chi connectivity index (χ3n) is 3.22. The molecule has 0 heterocycles. The van der Waals surface area contributed by atoms with Crippen molar-refractivity contribution in [3.63, 3.8) is 0 Å². The first kappa shape index (κ1) is 13.3. The van der Waals surface area contributed by atoms with Gasteiger partial charge in [-0.1, -0.05) is 26.2 Å². The smallest absolute Gasteiger partial charge is 0.0521 e. The van der Waals surface area contributed by atoms with E-state index in [1.807, 2.05) is 11.8 Å². The molecule has 1 aliphatic carbocycles. The van der Waals surface area contributed by atoms with Crippen LogP contribution < -0.4 is 5.32 Å². The Morgan fingerprint density at radius 1 is 1.33 bits per heavy atom. The van der Waals surface area contributed by atoms with Gasteiger partial charge in [0.15, 0.2) is 0 Å². The molecule has 1 saturated carbocycles. The van der Waals surface area contributed by atoms with E-state index >= 15 is 0 Å². The Kier molecular flexibility index (Phi) is 7.49. The summed E-state index contributed by atoms with van der Waals surface area (Å²) in [6, 6.07) is 0.673. The Morgan fingerprint density at radius 3 is 2.67 bits per heavy atom. The van der Waals surface area contributed by atoms with Crippen molar-refractivity contribution in [3.8, 4) is 0 Å². The molecular weight excluding hydrogens is 206 g/mol. The molecule has 0 aliphatic heterocycles. The molecule has 1 rings (SSSR count). The second-order valence-electron chi connectivity index (χ2n) is 4.36. The lowest BCUT2D eigenvalue weighted by molar-refractivity contribution is 0.287. The predicted octanol–water partition coefficient (Wildman–Crippen LogP) is 2.27. The maximum atomic E-state index is 8.78. The average molecular weight is 231 g/mol. The fourth-order valence-electron chi connectivity index (χ4n) is 2.44. The second-order valence-corrected chi connectivity index (χ2v) is 5.51. The van der Waals surface area contributed by atoms with Crippen LogP contribution in [0.25, 0.3) is 0 Å². The minimum atomic E-state index is 0.314. The normalized spacial score (nSPS) is 20.4. The number of aliphatic hydroxyl groups is 1. The van der Waals surface area contributed by atoms with Crippen molar-refractivity contribution in [2.75, 3.05) is 24.7 Å². The van der Waals surface area contributed by atoms with Gasteiger partial charge in [-0.15, -0.1) is 0 Å². The van der Waals surface area contributed by atoms with Crippen molar-refractivity contribution in [2.45, 2.75) is 45.1 Å². The van der Waals surface area contributed by atoms with E-state index < -0.39 is 0 Å². The van der Waals surface area contributed by atoms with Gasteiger partial charge in [-0.05, 0) is 25.3 Å². The lowest BCUT2D eigenvalue weighted by atomic mass is 9.84. The summed E-state index contributed by atoms with van der Waals surface area (Å²) < 4.78 is 0. The van der Waals surface area contributed by atoms with Crippen molar-refractivity contribution >= 4 is 11.8 Å². The number of aliphatic hydroxyl groups excluding tert-OH is 1. The van der Waals surface area contributed by atoms with Gasteiger partial charge in [0.05, 0.1) is 6.61 Å². The molecule has 15 heavy (non-hydrogen) atoms. The van der Waals surface area contributed by atoms with Crippen LogP contribution in [-0.2, 0) is 0 Å². The summed E-state index contributed by atoms with van der Waals surface area (Å²) in [4.78, 5) is 0. The number of thioether (sulfide) groups is 1. The minimum absolute atomic E-state index is 0.314. The van der Waals surface area contributed by atoms with Crippen molar-refractivity contribution in [1.29, 1.82) is 0 Å². The van der Waals surface area contributed by atoms with E-state index in [2.05, 4.69) is 12.2 Å². The average Bonchev–Trinajstić information content (AvgIpc) is 2.29. The van der Waals surface area contributed by atoms with Gasteiger partial charge < -0.3 is 10.4 Å². The summed E-state index contributed by atoms with van der Waals surface area (Å²) in [7, 11) is 0. The lowest BCUT2D eigenvalue weighted by Crippen LogP contribution is -2.39. The summed E-state index contributed by atoms with van der Waals surface area (Å²) in [6.07, 6.45) is 7.06. The van der Waals surface area contributed by atoms with Crippen molar-refractivity contribution < 1.29 is 5.11 Å². The van der Waals surface area contributed by atoms with E-state index in [9.17, 15) is 0 Å². The van der Waals surface area contributed by atoms with E-state index in [0.717, 1.165) is 18.2 Å². The van der Waals surface area contributed by atoms with Gasteiger partial charge in [0, 0.05) is 17.5 Å². The number of nitrogens with one attached hydrogen (secondary N) is 1. The minimum Gasteiger partial charge on any atom is -0.396 e. The molecule has 0 amide bonds. The molecule has 90 valence electrons. The first-order valence-corrected chi connectivity index (χ1v) is 7.46. The first-order chi connectivity index (χ1) is 7.38. The standard InChI is InChI=1S/C12H25NOS/c1-2-13-12(10-15-9-8-14)11-6-4-3-5-7-11/h11-14H,2-10H2,1H3. The van der Waals surface area contributed by atoms with Crippen LogP contribution in [0.5, 0.6) is 0 Å². The molecular formula is C12H25NOS. The van der Waals surface area contributed by atoms with Crippen LogP contribution in [-0.4, -0.2) is 35.8 Å². The Bertz CT molecular complexity index is 149. The zero-order valence-electron chi connectivity index (χ0n) is 9.87. The highest BCUT2D eigenvalue weighted by molar-refractivity contribution is 7.99. The quantitative estimate of drug-likeness (QED) is 0.659. The maximum absolute atomic E-state index is 8.78. The van der Waals surface area contributed by atoms with Crippen LogP contribution in [0.4, 0.5) is 0 Å². The molecule has 0 bridgehead atoms. The molecule has 0 saturated heterocycles. The van der Waals surface area contributed by atoms with Crippen LogP contribution in [0.15, 0.2) is 0 Å². The van der Waals surface area contributed by atoms with Crippen LogP contribution in [0, 0.1) is 5.92 Å². The zero-order chi connectivity index (χ0) is 10.9. The third kappa shape index (κ3) is 5.23. The molecule has 0 radical (unpaired) electrons.